The highest BCUT2D eigenvalue weighted by atomic mass is 32.2. The van der Waals surface area contributed by atoms with Crippen molar-refractivity contribution in [1.29, 1.82) is 0 Å². The summed E-state index contributed by atoms with van der Waals surface area (Å²) in [4.78, 5) is 0.190. The Kier molecular flexibility index (Phi) is 4.69. The number of nitrogens with two attached hydrogens (primary N) is 1. The van der Waals surface area contributed by atoms with Crippen molar-refractivity contribution in [3.05, 3.63) is 29.8 Å². The van der Waals surface area contributed by atoms with E-state index < -0.39 is 26.4 Å². The lowest BCUT2D eigenvalue weighted by Gasteiger charge is -2.23. The molecule has 1 aliphatic heterocycles. The Hall–Kier alpha value is -1.00. The highest BCUT2D eigenvalue weighted by Gasteiger charge is 2.35. The molecule has 118 valence electrons. The first-order valence-corrected chi connectivity index (χ1v) is 9.37. The maximum atomic E-state index is 12.6. The molecule has 1 aromatic carbocycles. The van der Waals surface area contributed by atoms with E-state index in [0.717, 1.165) is 5.56 Å². The second-order valence-corrected chi connectivity index (χ2v) is 8.11. The van der Waals surface area contributed by atoms with Gasteiger partial charge in [0.25, 0.3) is 0 Å². The van der Waals surface area contributed by atoms with E-state index in [1.807, 2.05) is 6.92 Å². The lowest BCUT2D eigenvalue weighted by molar-refractivity contribution is 0.237. The first-order chi connectivity index (χ1) is 9.70. The molecule has 2 N–H and O–H groups in total. The van der Waals surface area contributed by atoms with Gasteiger partial charge in [-0.2, -0.15) is 12.7 Å². The number of hydrogen-bond acceptors (Lipinski definition) is 5. The van der Waals surface area contributed by atoms with Crippen LogP contribution in [-0.4, -0.2) is 40.3 Å². The Morgan fingerprint density at radius 3 is 2.43 bits per heavy atom. The molecule has 0 aromatic heterocycles. The average Bonchev–Trinajstić information content (AvgIpc) is 2.85. The van der Waals surface area contributed by atoms with Crippen LogP contribution in [0.3, 0.4) is 0 Å². The van der Waals surface area contributed by atoms with Gasteiger partial charge in [0.1, 0.15) is 0 Å². The van der Waals surface area contributed by atoms with Gasteiger partial charge in [0.05, 0.1) is 17.5 Å². The van der Waals surface area contributed by atoms with Crippen LogP contribution < -0.4 is 5.14 Å². The van der Waals surface area contributed by atoms with Gasteiger partial charge in [-0.05, 0) is 31.9 Å². The van der Waals surface area contributed by atoms with E-state index in [1.54, 1.807) is 24.3 Å². The van der Waals surface area contributed by atoms with Gasteiger partial charge >= 0.3 is 10.3 Å². The van der Waals surface area contributed by atoms with E-state index in [1.165, 1.54) is 4.31 Å². The van der Waals surface area contributed by atoms with Gasteiger partial charge in [-0.3, -0.25) is 4.18 Å². The van der Waals surface area contributed by atoms with E-state index in [0.29, 0.717) is 19.4 Å². The number of sulfonamides is 1. The lowest BCUT2D eigenvalue weighted by atomic mass is 10.2. The van der Waals surface area contributed by atoms with Crippen molar-refractivity contribution in [2.75, 3.05) is 13.2 Å². The highest BCUT2D eigenvalue weighted by molar-refractivity contribution is 7.89. The third-order valence-corrected chi connectivity index (χ3v) is 5.81. The molecule has 1 aliphatic rings. The van der Waals surface area contributed by atoms with Crippen molar-refractivity contribution in [3.8, 4) is 0 Å². The molecule has 9 heteroatoms. The van der Waals surface area contributed by atoms with E-state index in [4.69, 9.17) is 5.14 Å². The first kappa shape index (κ1) is 16.4. The molecule has 0 aliphatic carbocycles. The normalized spacial score (nSPS) is 20.8. The van der Waals surface area contributed by atoms with Crippen LogP contribution in [0.25, 0.3) is 0 Å². The van der Waals surface area contributed by atoms with Crippen molar-refractivity contribution in [3.63, 3.8) is 0 Å². The number of hydrogen-bond donors (Lipinski definition) is 1. The SMILES string of the molecule is Cc1ccc(S(=O)(=O)N2CCCC2COS(N)(=O)=O)cc1. The third kappa shape index (κ3) is 4.01. The zero-order valence-corrected chi connectivity index (χ0v) is 13.2. The summed E-state index contributed by atoms with van der Waals surface area (Å²) in [6.45, 7) is 1.95. The van der Waals surface area contributed by atoms with Crippen LogP contribution in [0.2, 0.25) is 0 Å². The maximum absolute atomic E-state index is 12.6. The Labute approximate surface area is 125 Å². The second-order valence-electron chi connectivity index (χ2n) is 5.00. The molecule has 1 atom stereocenters. The molecular formula is C12H18N2O5S2. The lowest BCUT2D eigenvalue weighted by Crippen LogP contribution is -2.39. The molecule has 1 heterocycles. The molecule has 21 heavy (non-hydrogen) atoms. The van der Waals surface area contributed by atoms with Crippen molar-refractivity contribution >= 4 is 20.3 Å². The summed E-state index contributed by atoms with van der Waals surface area (Å²) in [6, 6.07) is 6.01. The van der Waals surface area contributed by atoms with Gasteiger partial charge in [-0.15, -0.1) is 0 Å². The summed E-state index contributed by atoms with van der Waals surface area (Å²) in [7, 11) is -7.73. The molecule has 1 saturated heterocycles. The number of rotatable bonds is 5. The molecule has 0 radical (unpaired) electrons. The minimum absolute atomic E-state index is 0.190. The van der Waals surface area contributed by atoms with Gasteiger partial charge < -0.3 is 0 Å². The fourth-order valence-corrected chi connectivity index (χ4v) is 4.34. The van der Waals surface area contributed by atoms with Crippen molar-refractivity contribution in [2.45, 2.75) is 30.7 Å². The van der Waals surface area contributed by atoms with Crippen LogP contribution in [0.4, 0.5) is 0 Å². The average molecular weight is 334 g/mol. The van der Waals surface area contributed by atoms with Gasteiger partial charge in [-0.25, -0.2) is 13.6 Å². The van der Waals surface area contributed by atoms with Gasteiger partial charge in [-0.1, -0.05) is 17.7 Å². The zero-order chi connectivity index (χ0) is 15.7. The highest BCUT2D eigenvalue weighted by Crippen LogP contribution is 2.26. The van der Waals surface area contributed by atoms with Crippen LogP contribution in [0.5, 0.6) is 0 Å². The minimum Gasteiger partial charge on any atom is -0.257 e. The minimum atomic E-state index is -4.07. The fraction of sp³-hybridized carbons (Fsp3) is 0.500. The third-order valence-electron chi connectivity index (χ3n) is 3.38. The second kappa shape index (κ2) is 6.01. The smallest absolute Gasteiger partial charge is 0.257 e. The zero-order valence-electron chi connectivity index (χ0n) is 11.6. The van der Waals surface area contributed by atoms with E-state index in [9.17, 15) is 16.8 Å². The van der Waals surface area contributed by atoms with Crippen LogP contribution >= 0.6 is 0 Å². The molecule has 0 saturated carbocycles. The van der Waals surface area contributed by atoms with E-state index in [-0.39, 0.29) is 11.5 Å². The summed E-state index contributed by atoms with van der Waals surface area (Å²) in [6.07, 6.45) is 1.20. The van der Waals surface area contributed by atoms with Crippen molar-refractivity contribution in [1.82, 2.24) is 4.31 Å². The Balaban J connectivity index is 2.20. The van der Waals surface area contributed by atoms with Crippen LogP contribution in [0.15, 0.2) is 29.2 Å². The van der Waals surface area contributed by atoms with E-state index >= 15 is 0 Å². The van der Waals surface area contributed by atoms with Crippen molar-refractivity contribution < 1.29 is 21.0 Å². The quantitative estimate of drug-likeness (QED) is 0.837. The number of nitrogens with zero attached hydrogens (tertiary/aromatic N) is 1. The summed E-state index contributed by atoms with van der Waals surface area (Å²) in [5, 5.41) is 4.78. The standard InChI is InChI=1S/C12H18N2O5S2/c1-10-4-6-12(7-5-10)20(15,16)14-8-2-3-11(14)9-19-21(13,17)18/h4-7,11H,2-3,8-9H2,1H3,(H2,13,17,18). The van der Waals surface area contributed by atoms with Crippen molar-refractivity contribution in [2.24, 2.45) is 5.14 Å². The Morgan fingerprint density at radius 2 is 1.86 bits per heavy atom. The molecular weight excluding hydrogens is 316 g/mol. The van der Waals surface area contributed by atoms with Gasteiger partial charge in [0, 0.05) is 6.54 Å². The topological polar surface area (TPSA) is 107 Å². The molecule has 1 aromatic rings. The maximum Gasteiger partial charge on any atom is 0.333 e. The number of aryl methyl sites for hydroxylation is 1. The largest absolute Gasteiger partial charge is 0.333 e. The Bertz CT molecular complexity index is 698. The fourth-order valence-electron chi connectivity index (χ4n) is 2.31. The molecule has 0 bridgehead atoms. The van der Waals surface area contributed by atoms with Crippen LogP contribution in [0, 0.1) is 6.92 Å². The summed E-state index contributed by atoms with van der Waals surface area (Å²) < 4.78 is 52.6. The van der Waals surface area contributed by atoms with Gasteiger partial charge in [0.15, 0.2) is 0 Å². The predicted octanol–water partition coefficient (Wildman–Crippen LogP) is 0.368. The monoisotopic (exact) mass is 334 g/mol. The van der Waals surface area contributed by atoms with Gasteiger partial charge in [0.2, 0.25) is 10.0 Å². The molecule has 2 rings (SSSR count). The van der Waals surface area contributed by atoms with Crippen LogP contribution in [0.1, 0.15) is 18.4 Å². The molecule has 0 spiro atoms. The summed E-state index contributed by atoms with van der Waals surface area (Å²) >= 11 is 0. The molecule has 0 amide bonds. The van der Waals surface area contributed by atoms with E-state index in [2.05, 4.69) is 4.18 Å². The van der Waals surface area contributed by atoms with Crippen LogP contribution in [-0.2, 0) is 24.5 Å². The number of benzene rings is 1. The predicted molar refractivity (Wildman–Crippen MR) is 77.2 cm³/mol. The summed E-state index contributed by atoms with van der Waals surface area (Å²) in [5.74, 6) is 0. The summed E-state index contributed by atoms with van der Waals surface area (Å²) in [5.41, 5.74) is 0.962. The molecule has 1 fully saturated rings. The Morgan fingerprint density at radius 1 is 1.24 bits per heavy atom. The molecule has 7 nitrogen and oxygen atoms in total. The molecule has 1 unspecified atom stereocenters. The first-order valence-electron chi connectivity index (χ1n) is 6.46.